The van der Waals surface area contributed by atoms with Gasteiger partial charge in [-0.05, 0) is 28.7 Å². The smallest absolute Gasteiger partial charge is 0.258 e. The van der Waals surface area contributed by atoms with Crippen LogP contribution < -0.4 is 0 Å². The minimum absolute atomic E-state index is 0.224. The fourth-order valence-electron chi connectivity index (χ4n) is 1.22. The number of hydrogen-bond acceptors (Lipinski definition) is 5. The second-order valence-electron chi connectivity index (χ2n) is 3.01. The van der Waals surface area contributed by atoms with Gasteiger partial charge in [-0.15, -0.1) is 0 Å². The second kappa shape index (κ2) is 4.46. The molecule has 0 aliphatic rings. The lowest BCUT2D eigenvalue weighted by atomic mass is 10.3. The largest absolute Gasteiger partial charge is 0.305 e. The summed E-state index contributed by atoms with van der Waals surface area (Å²) in [6.45, 7) is 0. The van der Waals surface area contributed by atoms with Crippen molar-refractivity contribution in [3.05, 3.63) is 43.9 Å². The molecule has 0 aliphatic heterocycles. The van der Waals surface area contributed by atoms with E-state index in [1.54, 1.807) is 18.5 Å². The molecule has 8 heteroatoms. The first-order valence-corrected chi connectivity index (χ1v) is 5.46. The number of hydrogen-bond donors (Lipinski definition) is 0. The van der Waals surface area contributed by atoms with E-state index in [1.807, 2.05) is 0 Å². The molecule has 2 aromatic rings. The van der Waals surface area contributed by atoms with Gasteiger partial charge in [-0.25, -0.2) is 9.67 Å². The van der Waals surface area contributed by atoms with Gasteiger partial charge in [0.15, 0.2) is 5.82 Å². The standard InChI is InChI=1S/C9H4IN5O2/c10-6-4-12-14(5-6)9-2-1-8(15(16)17)7(3-11)13-9/h1-2,4-5H. The molecule has 0 radical (unpaired) electrons. The molecule has 0 saturated carbocycles. The van der Waals surface area contributed by atoms with Crippen molar-refractivity contribution in [3.63, 3.8) is 0 Å². The van der Waals surface area contributed by atoms with Gasteiger partial charge in [-0.2, -0.15) is 10.4 Å². The van der Waals surface area contributed by atoms with Crippen molar-refractivity contribution in [2.24, 2.45) is 0 Å². The summed E-state index contributed by atoms with van der Waals surface area (Å²) in [5.41, 5.74) is -0.531. The Hall–Kier alpha value is -2.02. The highest BCUT2D eigenvalue weighted by atomic mass is 127. The summed E-state index contributed by atoms with van der Waals surface area (Å²) in [6.07, 6.45) is 3.32. The molecule has 0 aromatic carbocycles. The fraction of sp³-hybridized carbons (Fsp3) is 0. The Morgan fingerprint density at radius 1 is 1.53 bits per heavy atom. The zero-order valence-corrected chi connectivity index (χ0v) is 10.4. The number of nitrogens with zero attached hydrogens (tertiary/aromatic N) is 5. The van der Waals surface area contributed by atoms with E-state index in [1.165, 1.54) is 16.8 Å². The van der Waals surface area contributed by atoms with Crippen LogP contribution in [0.25, 0.3) is 5.82 Å². The zero-order chi connectivity index (χ0) is 12.4. The van der Waals surface area contributed by atoms with Crippen LogP contribution in [-0.4, -0.2) is 19.7 Å². The van der Waals surface area contributed by atoms with Crippen molar-refractivity contribution >= 4 is 28.3 Å². The normalized spacial score (nSPS) is 9.88. The quantitative estimate of drug-likeness (QED) is 0.470. The summed E-state index contributed by atoms with van der Waals surface area (Å²) in [5.74, 6) is 0.370. The number of aromatic nitrogens is 3. The van der Waals surface area contributed by atoms with E-state index in [4.69, 9.17) is 5.26 Å². The highest BCUT2D eigenvalue weighted by Crippen LogP contribution is 2.17. The van der Waals surface area contributed by atoms with Crippen molar-refractivity contribution in [2.45, 2.75) is 0 Å². The van der Waals surface area contributed by atoms with E-state index in [2.05, 4.69) is 32.7 Å². The molecule has 2 heterocycles. The molecule has 0 bridgehead atoms. The van der Waals surface area contributed by atoms with Crippen molar-refractivity contribution < 1.29 is 4.92 Å². The number of pyridine rings is 1. The molecule has 17 heavy (non-hydrogen) atoms. The lowest BCUT2D eigenvalue weighted by Gasteiger charge is -2.00. The van der Waals surface area contributed by atoms with Crippen LogP contribution in [0.4, 0.5) is 5.69 Å². The van der Waals surface area contributed by atoms with Crippen LogP contribution in [-0.2, 0) is 0 Å². The third kappa shape index (κ3) is 2.23. The van der Waals surface area contributed by atoms with Gasteiger partial charge < -0.3 is 0 Å². The molecule has 0 amide bonds. The molecule has 0 unspecified atom stereocenters. The Bertz CT molecular complexity index is 631. The molecule has 0 aliphatic carbocycles. The van der Waals surface area contributed by atoms with Gasteiger partial charge in [0.25, 0.3) is 0 Å². The minimum Gasteiger partial charge on any atom is -0.258 e. The highest BCUT2D eigenvalue weighted by molar-refractivity contribution is 14.1. The maximum atomic E-state index is 10.6. The maximum Gasteiger partial charge on any atom is 0.305 e. The van der Waals surface area contributed by atoms with Gasteiger partial charge in [0.1, 0.15) is 6.07 Å². The maximum absolute atomic E-state index is 10.6. The minimum atomic E-state index is -0.637. The average molecular weight is 341 g/mol. The van der Waals surface area contributed by atoms with Gasteiger partial charge in [-0.3, -0.25) is 10.1 Å². The number of rotatable bonds is 2. The van der Waals surface area contributed by atoms with Crippen LogP contribution in [0.5, 0.6) is 0 Å². The molecule has 0 fully saturated rings. The summed E-state index contributed by atoms with van der Waals surface area (Å²) in [6, 6.07) is 4.39. The monoisotopic (exact) mass is 341 g/mol. The first kappa shape index (κ1) is 11.5. The van der Waals surface area contributed by atoms with Crippen LogP contribution in [0.1, 0.15) is 5.69 Å². The van der Waals surface area contributed by atoms with E-state index >= 15 is 0 Å². The zero-order valence-electron chi connectivity index (χ0n) is 8.24. The molecule has 0 spiro atoms. The molecular weight excluding hydrogens is 337 g/mol. The lowest BCUT2D eigenvalue weighted by molar-refractivity contribution is -0.385. The molecule has 0 saturated heterocycles. The Morgan fingerprint density at radius 2 is 2.29 bits per heavy atom. The van der Waals surface area contributed by atoms with E-state index in [-0.39, 0.29) is 11.4 Å². The van der Waals surface area contributed by atoms with Crippen molar-refractivity contribution in [1.82, 2.24) is 14.8 Å². The van der Waals surface area contributed by atoms with E-state index in [0.717, 1.165) is 3.57 Å². The van der Waals surface area contributed by atoms with Crippen molar-refractivity contribution in [1.29, 1.82) is 5.26 Å². The molecule has 2 aromatic heterocycles. The second-order valence-corrected chi connectivity index (χ2v) is 4.25. The summed E-state index contributed by atoms with van der Waals surface area (Å²) < 4.78 is 2.35. The molecule has 84 valence electrons. The SMILES string of the molecule is N#Cc1nc(-n2cc(I)cn2)ccc1[N+](=O)[O-]. The number of nitro groups is 1. The first-order chi connectivity index (χ1) is 8.11. The lowest BCUT2D eigenvalue weighted by Crippen LogP contribution is -2.02. The topological polar surface area (TPSA) is 97.6 Å². The predicted molar refractivity (Wildman–Crippen MR) is 65.4 cm³/mol. The highest BCUT2D eigenvalue weighted by Gasteiger charge is 2.16. The van der Waals surface area contributed by atoms with Gasteiger partial charge in [-0.1, -0.05) is 0 Å². The molecule has 2 rings (SSSR count). The summed E-state index contributed by atoms with van der Waals surface area (Å²) >= 11 is 2.08. The van der Waals surface area contributed by atoms with Gasteiger partial charge in [0.05, 0.1) is 14.7 Å². The first-order valence-electron chi connectivity index (χ1n) is 4.38. The molecule has 0 atom stereocenters. The van der Waals surface area contributed by atoms with Gasteiger partial charge in [0.2, 0.25) is 5.69 Å². The third-order valence-electron chi connectivity index (χ3n) is 1.95. The molecular formula is C9H4IN5O2. The van der Waals surface area contributed by atoms with Crippen LogP contribution >= 0.6 is 22.6 Å². The predicted octanol–water partition coefficient (Wildman–Crippen LogP) is 1.65. The Balaban J connectivity index is 2.53. The van der Waals surface area contributed by atoms with Crippen LogP contribution in [0.2, 0.25) is 0 Å². The van der Waals surface area contributed by atoms with Gasteiger partial charge in [0, 0.05) is 12.3 Å². The Kier molecular flexibility index (Phi) is 3.01. The van der Waals surface area contributed by atoms with E-state index in [0.29, 0.717) is 5.82 Å². The molecule has 0 N–H and O–H groups in total. The van der Waals surface area contributed by atoms with Crippen LogP contribution in [0, 0.1) is 25.0 Å². The molecule has 7 nitrogen and oxygen atoms in total. The summed E-state index contributed by atoms with van der Waals surface area (Å²) in [5, 5.41) is 23.4. The third-order valence-corrected chi connectivity index (χ3v) is 2.50. The Morgan fingerprint density at radius 3 is 2.82 bits per heavy atom. The van der Waals surface area contributed by atoms with Crippen molar-refractivity contribution in [2.75, 3.05) is 0 Å². The fourth-order valence-corrected chi connectivity index (χ4v) is 1.61. The number of nitriles is 1. The number of halogens is 1. The van der Waals surface area contributed by atoms with Gasteiger partial charge >= 0.3 is 5.69 Å². The average Bonchev–Trinajstić information content (AvgIpc) is 2.75. The van der Waals surface area contributed by atoms with Crippen LogP contribution in [0.3, 0.4) is 0 Å². The summed E-state index contributed by atoms with van der Waals surface area (Å²) in [7, 11) is 0. The summed E-state index contributed by atoms with van der Waals surface area (Å²) in [4.78, 5) is 13.9. The van der Waals surface area contributed by atoms with Crippen LogP contribution in [0.15, 0.2) is 24.5 Å². The van der Waals surface area contributed by atoms with E-state index < -0.39 is 4.92 Å². The van der Waals surface area contributed by atoms with Crippen molar-refractivity contribution in [3.8, 4) is 11.9 Å². The van der Waals surface area contributed by atoms with E-state index in [9.17, 15) is 10.1 Å². The Labute approximate surface area is 109 Å².